The first-order chi connectivity index (χ1) is 9.37. The Morgan fingerprint density at radius 1 is 0.950 bits per heavy atom. The van der Waals surface area contributed by atoms with Crippen molar-refractivity contribution in [1.82, 2.24) is 0 Å². The second-order valence-corrected chi connectivity index (χ2v) is 4.30. The van der Waals surface area contributed by atoms with E-state index in [1.54, 1.807) is 0 Å². The number of carboxylic acid groups (broad SMARTS) is 2. The van der Waals surface area contributed by atoms with Crippen LogP contribution in [0.3, 0.4) is 0 Å². The normalized spacial score (nSPS) is 9.55. The molecule has 112 valence electrons. The minimum Gasteiger partial charge on any atom is -0.481 e. The summed E-state index contributed by atoms with van der Waals surface area (Å²) in [6.07, 6.45) is 2.44. The molecule has 0 aliphatic rings. The third-order valence-electron chi connectivity index (χ3n) is 2.95. The molecule has 0 bridgehead atoms. The van der Waals surface area contributed by atoms with Crippen molar-refractivity contribution in [1.29, 1.82) is 0 Å². The number of nitrogen functional groups attached to an aromatic ring is 1. The van der Waals surface area contributed by atoms with Crippen LogP contribution < -0.4 is 5.73 Å². The molecule has 0 unspecified atom stereocenters. The fraction of sp³-hybridized carbons (Fsp3) is 0.467. The van der Waals surface area contributed by atoms with E-state index in [1.807, 2.05) is 6.07 Å². The van der Waals surface area contributed by atoms with Crippen LogP contribution in [0.15, 0.2) is 12.1 Å². The van der Waals surface area contributed by atoms with E-state index >= 15 is 0 Å². The molecule has 4 N–H and O–H groups in total. The van der Waals surface area contributed by atoms with Gasteiger partial charge in [-0.25, -0.2) is 0 Å². The Bertz CT molecular complexity index is 457. The first-order valence-corrected chi connectivity index (χ1v) is 6.69. The van der Waals surface area contributed by atoms with Crippen LogP contribution in [-0.2, 0) is 28.9 Å². The van der Waals surface area contributed by atoms with Gasteiger partial charge in [-0.2, -0.15) is 0 Å². The molecule has 1 aromatic carbocycles. The number of hydrogen-bond donors (Lipinski definition) is 3. The Hall–Kier alpha value is -2.04. The summed E-state index contributed by atoms with van der Waals surface area (Å²) < 4.78 is 0. The number of carboxylic acids is 2. The summed E-state index contributed by atoms with van der Waals surface area (Å²) in [5, 5.41) is 15.4. The van der Waals surface area contributed by atoms with Crippen molar-refractivity contribution >= 4 is 17.6 Å². The lowest BCUT2D eigenvalue weighted by Crippen LogP contribution is -2.03. The summed E-state index contributed by atoms with van der Waals surface area (Å²) in [7, 11) is 0. The zero-order chi connectivity index (χ0) is 15.7. The summed E-state index contributed by atoms with van der Waals surface area (Å²) in [5.74, 6) is -2.62. The Morgan fingerprint density at radius 2 is 1.45 bits per heavy atom. The maximum absolute atomic E-state index is 9.43. The van der Waals surface area contributed by atoms with E-state index in [0.717, 1.165) is 24.9 Å². The lowest BCUT2D eigenvalue weighted by Gasteiger charge is -2.13. The van der Waals surface area contributed by atoms with E-state index in [4.69, 9.17) is 15.9 Å². The molecular weight excluding hydrogens is 258 g/mol. The molecule has 0 radical (unpaired) electrons. The number of benzene rings is 1. The van der Waals surface area contributed by atoms with Crippen molar-refractivity contribution in [3.8, 4) is 0 Å². The van der Waals surface area contributed by atoms with Crippen LogP contribution in [0.1, 0.15) is 43.9 Å². The number of carbonyl (C=O) groups is 2. The lowest BCUT2D eigenvalue weighted by atomic mass is 9.94. The number of nitrogens with two attached hydrogens (primary N) is 1. The van der Waals surface area contributed by atoms with Crippen molar-refractivity contribution in [2.75, 3.05) is 5.73 Å². The van der Waals surface area contributed by atoms with Gasteiger partial charge in [0.05, 0.1) is 0 Å². The molecule has 5 nitrogen and oxygen atoms in total. The number of hydrogen-bond acceptors (Lipinski definition) is 3. The van der Waals surface area contributed by atoms with Gasteiger partial charge in [-0.1, -0.05) is 26.8 Å². The van der Waals surface area contributed by atoms with Crippen molar-refractivity contribution in [2.24, 2.45) is 0 Å². The summed E-state index contributed by atoms with van der Waals surface area (Å²) in [4.78, 5) is 18.9. The molecule has 1 rings (SSSR count). The molecule has 20 heavy (non-hydrogen) atoms. The third-order valence-corrected chi connectivity index (χ3v) is 2.95. The van der Waals surface area contributed by atoms with E-state index < -0.39 is 18.4 Å². The molecule has 0 heterocycles. The molecule has 0 atom stereocenters. The maximum atomic E-state index is 9.43. The second-order valence-electron chi connectivity index (χ2n) is 4.30. The quantitative estimate of drug-likeness (QED) is 0.568. The van der Waals surface area contributed by atoms with Crippen molar-refractivity contribution in [3.05, 3.63) is 28.8 Å². The monoisotopic (exact) mass is 281 g/mol. The Balaban J connectivity index is 0.000000441. The predicted octanol–water partition coefficient (Wildman–Crippen LogP) is 2.50. The number of aryl methyl sites for hydroxylation is 1. The summed E-state index contributed by atoms with van der Waals surface area (Å²) in [6, 6.07) is 4.20. The molecule has 0 aromatic heterocycles. The molecule has 5 heteroatoms. The summed E-state index contributed by atoms with van der Waals surface area (Å²) in [5.41, 5.74) is 11.2. The van der Waals surface area contributed by atoms with Gasteiger partial charge < -0.3 is 15.9 Å². The van der Waals surface area contributed by atoms with Crippen molar-refractivity contribution in [2.45, 2.75) is 46.5 Å². The highest BCUT2D eigenvalue weighted by molar-refractivity contribution is 5.88. The SMILES string of the molecule is CCc1ccc(N)c(CC)c1CC.O=C(O)CC(=O)O. The first-order valence-electron chi connectivity index (χ1n) is 6.69. The number of anilines is 1. The van der Waals surface area contributed by atoms with E-state index in [-0.39, 0.29) is 0 Å². The van der Waals surface area contributed by atoms with Gasteiger partial charge in [0.2, 0.25) is 0 Å². The first kappa shape index (κ1) is 18.0. The molecule has 0 saturated carbocycles. The van der Waals surface area contributed by atoms with Crippen LogP contribution in [0.5, 0.6) is 0 Å². The Kier molecular flexibility index (Phi) is 8.04. The van der Waals surface area contributed by atoms with Crippen LogP contribution in [0.25, 0.3) is 0 Å². The molecule has 0 fully saturated rings. The van der Waals surface area contributed by atoms with Gasteiger partial charge in [-0.05, 0) is 42.0 Å². The molecule has 0 aliphatic heterocycles. The summed E-state index contributed by atoms with van der Waals surface area (Å²) >= 11 is 0. The average molecular weight is 281 g/mol. The van der Waals surface area contributed by atoms with Crippen molar-refractivity contribution < 1.29 is 19.8 Å². The van der Waals surface area contributed by atoms with E-state index in [2.05, 4.69) is 26.8 Å². The van der Waals surface area contributed by atoms with Gasteiger partial charge in [0, 0.05) is 5.69 Å². The third kappa shape index (κ3) is 5.73. The Morgan fingerprint density at radius 3 is 1.75 bits per heavy atom. The smallest absolute Gasteiger partial charge is 0.314 e. The second kappa shape index (κ2) is 8.96. The molecule has 0 saturated heterocycles. The van der Waals surface area contributed by atoms with E-state index in [0.29, 0.717) is 0 Å². The van der Waals surface area contributed by atoms with Crippen LogP contribution in [0, 0.1) is 0 Å². The van der Waals surface area contributed by atoms with Crippen LogP contribution in [0.2, 0.25) is 0 Å². The van der Waals surface area contributed by atoms with Gasteiger partial charge >= 0.3 is 11.9 Å². The van der Waals surface area contributed by atoms with Crippen LogP contribution in [-0.4, -0.2) is 22.2 Å². The zero-order valence-corrected chi connectivity index (χ0v) is 12.3. The van der Waals surface area contributed by atoms with E-state index in [1.165, 1.54) is 16.7 Å². The fourth-order valence-electron chi connectivity index (χ4n) is 2.08. The Labute approximate surface area is 119 Å². The van der Waals surface area contributed by atoms with Gasteiger partial charge in [0.25, 0.3) is 0 Å². The number of aliphatic carboxylic acids is 2. The summed E-state index contributed by atoms with van der Waals surface area (Å²) in [6.45, 7) is 6.57. The fourth-order valence-corrected chi connectivity index (χ4v) is 2.08. The van der Waals surface area contributed by atoms with Gasteiger partial charge in [0.1, 0.15) is 6.42 Å². The van der Waals surface area contributed by atoms with Gasteiger partial charge in [-0.3, -0.25) is 9.59 Å². The van der Waals surface area contributed by atoms with Crippen LogP contribution in [0.4, 0.5) is 5.69 Å². The molecule has 0 aliphatic carbocycles. The molecule has 0 amide bonds. The molecule has 0 spiro atoms. The topological polar surface area (TPSA) is 101 Å². The highest BCUT2D eigenvalue weighted by atomic mass is 16.4. The average Bonchev–Trinajstić information content (AvgIpc) is 2.37. The lowest BCUT2D eigenvalue weighted by molar-refractivity contribution is -0.147. The van der Waals surface area contributed by atoms with Gasteiger partial charge in [-0.15, -0.1) is 0 Å². The van der Waals surface area contributed by atoms with Crippen molar-refractivity contribution in [3.63, 3.8) is 0 Å². The predicted molar refractivity (Wildman–Crippen MR) is 78.9 cm³/mol. The minimum atomic E-state index is -1.31. The maximum Gasteiger partial charge on any atom is 0.314 e. The van der Waals surface area contributed by atoms with Gasteiger partial charge in [0.15, 0.2) is 0 Å². The number of rotatable bonds is 5. The molecular formula is C15H23NO4. The zero-order valence-electron chi connectivity index (χ0n) is 12.3. The largest absolute Gasteiger partial charge is 0.481 e. The standard InChI is InChI=1S/C12H19N.C3H4O4/c1-4-9-7-8-12(13)11(6-3)10(9)5-2;4-2(5)1-3(6)7/h7-8H,4-6,13H2,1-3H3;1H2,(H,4,5)(H,6,7). The van der Waals surface area contributed by atoms with E-state index in [9.17, 15) is 9.59 Å². The van der Waals surface area contributed by atoms with Crippen LogP contribution >= 0.6 is 0 Å². The molecule has 1 aromatic rings. The highest BCUT2D eigenvalue weighted by Gasteiger charge is 2.06. The minimum absolute atomic E-state index is 0.806. The highest BCUT2D eigenvalue weighted by Crippen LogP contribution is 2.22.